The summed E-state index contributed by atoms with van der Waals surface area (Å²) in [6.07, 6.45) is 1.82. The van der Waals surface area contributed by atoms with Gasteiger partial charge in [-0.2, -0.15) is 0 Å². The molecule has 1 saturated heterocycles. The largest absolute Gasteiger partial charge is 0.459 e. The summed E-state index contributed by atoms with van der Waals surface area (Å²) in [6.45, 7) is 2.55. The summed E-state index contributed by atoms with van der Waals surface area (Å²) in [5.41, 5.74) is 1.08. The third-order valence-electron chi connectivity index (χ3n) is 3.15. The zero-order valence-corrected chi connectivity index (χ0v) is 10.5. The average molecular weight is 247 g/mol. The number of benzene rings is 1. The molecule has 1 fully saturated rings. The van der Waals surface area contributed by atoms with E-state index in [-0.39, 0.29) is 12.6 Å². The van der Waals surface area contributed by atoms with Crippen LogP contribution in [-0.4, -0.2) is 29.9 Å². The Kier molecular flexibility index (Phi) is 3.97. The van der Waals surface area contributed by atoms with Crippen molar-refractivity contribution >= 4 is 11.9 Å². The second-order valence-electron chi connectivity index (χ2n) is 4.29. The molecule has 1 aliphatic rings. The molecule has 4 heteroatoms. The summed E-state index contributed by atoms with van der Waals surface area (Å²) in [6, 6.07) is 9.81. The third-order valence-corrected chi connectivity index (χ3v) is 3.15. The molecule has 1 aromatic carbocycles. The number of likely N-dealkylation sites (tertiary alicyclic amines) is 1. The van der Waals surface area contributed by atoms with E-state index in [1.807, 2.05) is 30.3 Å². The van der Waals surface area contributed by atoms with E-state index in [2.05, 4.69) is 0 Å². The number of ether oxygens (including phenoxy) is 1. The van der Waals surface area contributed by atoms with Crippen LogP contribution < -0.4 is 0 Å². The van der Waals surface area contributed by atoms with Crippen molar-refractivity contribution in [3.63, 3.8) is 0 Å². The zero-order chi connectivity index (χ0) is 13.0. The Morgan fingerprint density at radius 1 is 1.33 bits per heavy atom. The summed E-state index contributed by atoms with van der Waals surface area (Å²) < 4.78 is 4.77. The lowest BCUT2D eigenvalue weighted by atomic mass is 10.0. The second-order valence-corrected chi connectivity index (χ2v) is 4.29. The highest BCUT2D eigenvalue weighted by Crippen LogP contribution is 2.31. The molecule has 1 heterocycles. The monoisotopic (exact) mass is 247 g/mol. The molecular formula is C14H17NO3. The van der Waals surface area contributed by atoms with Gasteiger partial charge in [0.1, 0.15) is 0 Å². The van der Waals surface area contributed by atoms with Gasteiger partial charge in [0.15, 0.2) is 0 Å². The van der Waals surface area contributed by atoms with Crippen molar-refractivity contribution in [1.29, 1.82) is 0 Å². The molecule has 2 rings (SSSR count). The van der Waals surface area contributed by atoms with Gasteiger partial charge in [0.05, 0.1) is 12.6 Å². The molecule has 1 aliphatic heterocycles. The van der Waals surface area contributed by atoms with Gasteiger partial charge in [-0.1, -0.05) is 30.3 Å². The lowest BCUT2D eigenvalue weighted by Gasteiger charge is -2.23. The number of carbonyl (C=O) groups is 2. The van der Waals surface area contributed by atoms with Crippen molar-refractivity contribution < 1.29 is 14.3 Å². The van der Waals surface area contributed by atoms with Crippen molar-refractivity contribution in [2.75, 3.05) is 13.2 Å². The van der Waals surface area contributed by atoms with Crippen LogP contribution in [0.5, 0.6) is 0 Å². The minimum Gasteiger partial charge on any atom is -0.459 e. The third kappa shape index (κ3) is 2.53. The molecule has 96 valence electrons. The van der Waals surface area contributed by atoms with E-state index in [0.29, 0.717) is 6.54 Å². The number of hydrogen-bond donors (Lipinski definition) is 0. The van der Waals surface area contributed by atoms with Gasteiger partial charge in [0.2, 0.25) is 0 Å². The van der Waals surface area contributed by atoms with Gasteiger partial charge < -0.3 is 9.64 Å². The maximum absolute atomic E-state index is 12.0. The molecule has 0 radical (unpaired) electrons. The van der Waals surface area contributed by atoms with E-state index in [1.54, 1.807) is 11.8 Å². The summed E-state index contributed by atoms with van der Waals surface area (Å²) in [7, 11) is 0. The molecule has 0 aromatic heterocycles. The highest BCUT2D eigenvalue weighted by molar-refractivity contribution is 6.32. The van der Waals surface area contributed by atoms with Gasteiger partial charge in [-0.15, -0.1) is 0 Å². The van der Waals surface area contributed by atoms with Crippen molar-refractivity contribution in [3.05, 3.63) is 35.9 Å². The number of rotatable bonds is 2. The molecule has 0 N–H and O–H groups in total. The highest BCUT2D eigenvalue weighted by atomic mass is 16.5. The first-order valence-electron chi connectivity index (χ1n) is 6.26. The van der Waals surface area contributed by atoms with Gasteiger partial charge in [-0.05, 0) is 25.3 Å². The predicted octanol–water partition coefficient (Wildman–Crippen LogP) is 1.91. The molecule has 4 nitrogen and oxygen atoms in total. The first kappa shape index (κ1) is 12.6. The highest BCUT2D eigenvalue weighted by Gasteiger charge is 2.33. The molecule has 1 atom stereocenters. The molecule has 0 bridgehead atoms. The fourth-order valence-electron chi connectivity index (χ4n) is 2.34. The van der Waals surface area contributed by atoms with E-state index < -0.39 is 11.9 Å². The Labute approximate surface area is 107 Å². The van der Waals surface area contributed by atoms with E-state index in [9.17, 15) is 9.59 Å². The van der Waals surface area contributed by atoms with E-state index in [1.165, 1.54) is 0 Å². The molecular weight excluding hydrogens is 230 g/mol. The van der Waals surface area contributed by atoms with Crippen molar-refractivity contribution in [3.8, 4) is 0 Å². The Balaban J connectivity index is 2.13. The maximum Gasteiger partial charge on any atom is 0.397 e. The van der Waals surface area contributed by atoms with Crippen molar-refractivity contribution in [1.82, 2.24) is 4.90 Å². The Morgan fingerprint density at radius 2 is 2.06 bits per heavy atom. The minimum absolute atomic E-state index is 0.00288. The Hall–Kier alpha value is -1.84. The Bertz CT molecular complexity index is 430. The Morgan fingerprint density at radius 3 is 2.72 bits per heavy atom. The van der Waals surface area contributed by atoms with Crippen molar-refractivity contribution in [2.45, 2.75) is 25.8 Å². The van der Waals surface area contributed by atoms with Crippen LogP contribution in [0, 0.1) is 0 Å². The fraction of sp³-hybridized carbons (Fsp3) is 0.429. The molecule has 1 amide bonds. The summed E-state index contributed by atoms with van der Waals surface area (Å²) >= 11 is 0. The van der Waals surface area contributed by atoms with Crippen LogP contribution >= 0.6 is 0 Å². The number of amides is 1. The van der Waals surface area contributed by atoms with Crippen LogP contribution in [0.1, 0.15) is 31.4 Å². The summed E-state index contributed by atoms with van der Waals surface area (Å²) in [4.78, 5) is 25.1. The zero-order valence-electron chi connectivity index (χ0n) is 10.5. The smallest absolute Gasteiger partial charge is 0.397 e. The fourth-order valence-corrected chi connectivity index (χ4v) is 2.34. The van der Waals surface area contributed by atoms with Crippen LogP contribution in [-0.2, 0) is 14.3 Å². The van der Waals surface area contributed by atoms with E-state index >= 15 is 0 Å². The van der Waals surface area contributed by atoms with Gasteiger partial charge in [0.25, 0.3) is 0 Å². The van der Waals surface area contributed by atoms with E-state index in [0.717, 1.165) is 18.4 Å². The molecule has 0 unspecified atom stereocenters. The van der Waals surface area contributed by atoms with Gasteiger partial charge in [-0.25, -0.2) is 4.79 Å². The number of esters is 1. The molecule has 1 aromatic rings. The molecule has 0 aliphatic carbocycles. The normalized spacial score (nSPS) is 18.7. The lowest BCUT2D eigenvalue weighted by molar-refractivity contribution is -0.160. The van der Waals surface area contributed by atoms with Gasteiger partial charge in [-0.3, -0.25) is 4.79 Å². The van der Waals surface area contributed by atoms with Gasteiger partial charge >= 0.3 is 11.9 Å². The minimum atomic E-state index is -0.750. The molecule has 18 heavy (non-hydrogen) atoms. The van der Waals surface area contributed by atoms with Crippen LogP contribution in [0.3, 0.4) is 0 Å². The first-order valence-corrected chi connectivity index (χ1v) is 6.26. The van der Waals surface area contributed by atoms with Crippen LogP contribution in [0.4, 0.5) is 0 Å². The van der Waals surface area contributed by atoms with Gasteiger partial charge in [0, 0.05) is 6.54 Å². The lowest BCUT2D eigenvalue weighted by Crippen LogP contribution is -2.37. The molecule has 0 saturated carbocycles. The molecule has 0 spiro atoms. The van der Waals surface area contributed by atoms with Crippen LogP contribution in [0.15, 0.2) is 30.3 Å². The van der Waals surface area contributed by atoms with Crippen LogP contribution in [0.25, 0.3) is 0 Å². The number of hydrogen-bond acceptors (Lipinski definition) is 3. The summed E-state index contributed by atoms with van der Waals surface area (Å²) in [5.74, 6) is -1.27. The SMILES string of the molecule is CCOC(=O)C(=O)N1CCC[C@H]1c1ccccc1. The second kappa shape index (κ2) is 5.67. The van der Waals surface area contributed by atoms with E-state index in [4.69, 9.17) is 4.74 Å². The standard InChI is InChI=1S/C14H17NO3/c1-2-18-14(17)13(16)15-10-6-9-12(15)11-7-4-3-5-8-11/h3-5,7-8,12H,2,6,9-10H2,1H3/t12-/m0/s1. The predicted molar refractivity (Wildman–Crippen MR) is 66.8 cm³/mol. The maximum atomic E-state index is 12.0. The van der Waals surface area contributed by atoms with Crippen LogP contribution in [0.2, 0.25) is 0 Å². The average Bonchev–Trinajstić information content (AvgIpc) is 2.88. The summed E-state index contributed by atoms with van der Waals surface area (Å²) in [5, 5.41) is 0. The number of nitrogens with zero attached hydrogens (tertiary/aromatic N) is 1. The van der Waals surface area contributed by atoms with Crippen molar-refractivity contribution in [2.24, 2.45) is 0 Å². The number of carbonyl (C=O) groups excluding carboxylic acids is 2. The quantitative estimate of drug-likeness (QED) is 0.592. The first-order chi connectivity index (χ1) is 8.74. The topological polar surface area (TPSA) is 46.6 Å².